The first-order valence-corrected chi connectivity index (χ1v) is 8.97. The monoisotopic (exact) mass is 336 g/mol. The van der Waals surface area contributed by atoms with Gasteiger partial charge in [0.05, 0.1) is 18.9 Å². The number of hydrogen-bond donors (Lipinski definition) is 1. The van der Waals surface area contributed by atoms with Crippen molar-refractivity contribution >= 4 is 0 Å². The van der Waals surface area contributed by atoms with Crippen molar-refractivity contribution in [3.05, 3.63) is 24.5 Å². The van der Waals surface area contributed by atoms with Gasteiger partial charge in [-0.05, 0) is 43.4 Å². The molecule has 0 radical (unpaired) electrons. The van der Waals surface area contributed by atoms with Crippen LogP contribution in [0.25, 0.3) is 0 Å². The van der Waals surface area contributed by atoms with Crippen LogP contribution in [0.1, 0.15) is 61.3 Å². The number of nitrogens with zero attached hydrogens (tertiary/aromatic N) is 1. The van der Waals surface area contributed by atoms with Gasteiger partial charge in [-0.2, -0.15) is 5.26 Å². The molecule has 24 heavy (non-hydrogen) atoms. The molecule has 0 aromatic heterocycles. The lowest BCUT2D eigenvalue weighted by Gasteiger charge is -2.31. The summed E-state index contributed by atoms with van der Waals surface area (Å²) >= 11 is 0. The highest BCUT2D eigenvalue weighted by Gasteiger charge is 2.26. The Morgan fingerprint density at radius 1 is 1.04 bits per heavy atom. The number of rotatable bonds is 10. The predicted molar refractivity (Wildman–Crippen MR) is 105 cm³/mol. The molecular weight excluding hydrogens is 296 g/mol. The van der Waals surface area contributed by atoms with E-state index in [1.54, 1.807) is 13.2 Å². The first kappa shape index (κ1) is 25.0. The molecule has 3 nitrogen and oxygen atoms in total. The Labute approximate surface area is 151 Å². The fourth-order valence-electron chi connectivity index (χ4n) is 3.07. The Bertz CT molecular complexity index is 407. The lowest BCUT2D eigenvalue weighted by Crippen LogP contribution is -2.34. The van der Waals surface area contributed by atoms with Crippen molar-refractivity contribution in [2.75, 3.05) is 7.11 Å². The number of ether oxygens (including phenoxy) is 1. The quantitative estimate of drug-likeness (QED) is 0.421. The van der Waals surface area contributed by atoms with Gasteiger partial charge in [0.25, 0.3) is 0 Å². The second kappa shape index (κ2) is 13.1. The molecule has 3 heteroatoms. The van der Waals surface area contributed by atoms with Gasteiger partial charge in [-0.3, -0.25) is 0 Å². The maximum Gasteiger partial charge on any atom is 0.0917 e. The van der Waals surface area contributed by atoms with Crippen LogP contribution in [-0.4, -0.2) is 13.2 Å². The first-order chi connectivity index (χ1) is 11.0. The van der Waals surface area contributed by atoms with E-state index in [0.29, 0.717) is 29.6 Å². The standard InChI is InChI=1S/C19H37NO.C2H3N/c1-12(2)17(13(3)4)10-15(7)19(20)11-18(14(5)6)16(8)21-9;1-2-3/h13-15,17-19H,1,8,10-11,20H2,2-7,9H3;1H3/t15?,17-,18?,19?;/m1./s1. The highest BCUT2D eigenvalue weighted by atomic mass is 16.5. The van der Waals surface area contributed by atoms with Gasteiger partial charge >= 0.3 is 0 Å². The molecule has 0 heterocycles. The van der Waals surface area contributed by atoms with Gasteiger partial charge < -0.3 is 10.5 Å². The minimum Gasteiger partial charge on any atom is -0.501 e. The van der Waals surface area contributed by atoms with E-state index < -0.39 is 0 Å². The Hall–Kier alpha value is -1.27. The van der Waals surface area contributed by atoms with Crippen molar-refractivity contribution in [2.24, 2.45) is 35.3 Å². The number of hydrogen-bond acceptors (Lipinski definition) is 3. The molecule has 0 rings (SSSR count). The maximum atomic E-state index is 7.32. The fraction of sp³-hybridized carbons (Fsp3) is 0.762. The van der Waals surface area contributed by atoms with Gasteiger partial charge in [0.2, 0.25) is 0 Å². The van der Waals surface area contributed by atoms with Crippen molar-refractivity contribution in [3.8, 4) is 6.07 Å². The normalized spacial score (nSPS) is 15.6. The predicted octanol–water partition coefficient (Wildman–Crippen LogP) is 5.54. The Morgan fingerprint density at radius 3 is 1.75 bits per heavy atom. The summed E-state index contributed by atoms with van der Waals surface area (Å²) in [4.78, 5) is 0. The third-order valence-electron chi connectivity index (χ3n) is 4.80. The van der Waals surface area contributed by atoms with Crippen molar-refractivity contribution in [2.45, 2.75) is 67.3 Å². The van der Waals surface area contributed by atoms with Crippen LogP contribution in [0.2, 0.25) is 0 Å². The highest BCUT2D eigenvalue weighted by Crippen LogP contribution is 2.31. The van der Waals surface area contributed by atoms with E-state index >= 15 is 0 Å². The Morgan fingerprint density at radius 2 is 1.46 bits per heavy atom. The van der Waals surface area contributed by atoms with E-state index in [4.69, 9.17) is 15.7 Å². The lowest BCUT2D eigenvalue weighted by atomic mass is 9.77. The third kappa shape index (κ3) is 9.78. The number of nitrogens with two attached hydrogens (primary N) is 1. The van der Waals surface area contributed by atoms with Crippen LogP contribution in [0.4, 0.5) is 0 Å². The van der Waals surface area contributed by atoms with E-state index in [9.17, 15) is 0 Å². The van der Waals surface area contributed by atoms with E-state index in [1.807, 2.05) is 0 Å². The average molecular weight is 337 g/mol. The van der Waals surface area contributed by atoms with E-state index in [1.165, 1.54) is 12.5 Å². The topological polar surface area (TPSA) is 59.0 Å². The first-order valence-electron chi connectivity index (χ1n) is 8.97. The van der Waals surface area contributed by atoms with Crippen molar-refractivity contribution in [3.63, 3.8) is 0 Å². The highest BCUT2D eigenvalue weighted by molar-refractivity contribution is 5.00. The van der Waals surface area contributed by atoms with Gasteiger partial charge in [-0.1, -0.05) is 53.3 Å². The van der Waals surface area contributed by atoms with E-state index in [0.717, 1.165) is 18.6 Å². The van der Waals surface area contributed by atoms with Crippen LogP contribution in [0.5, 0.6) is 0 Å². The SMILES string of the molecule is C=C(OC)C(CC(N)C(C)C[C@H](C(=C)C)C(C)C)C(C)C.CC#N. The molecule has 2 N–H and O–H groups in total. The number of methoxy groups -OCH3 is 1. The molecule has 4 atom stereocenters. The van der Waals surface area contributed by atoms with E-state index in [-0.39, 0.29) is 6.04 Å². The molecule has 0 aliphatic heterocycles. The van der Waals surface area contributed by atoms with Crippen LogP contribution in [0.15, 0.2) is 24.5 Å². The van der Waals surface area contributed by atoms with Crippen LogP contribution < -0.4 is 5.73 Å². The number of allylic oxidation sites excluding steroid dienone is 2. The summed E-state index contributed by atoms with van der Waals surface area (Å²) in [6.45, 7) is 22.9. The molecule has 0 amide bonds. The largest absolute Gasteiger partial charge is 0.501 e. The Kier molecular flexibility index (Phi) is 13.6. The van der Waals surface area contributed by atoms with Gasteiger partial charge in [-0.15, -0.1) is 0 Å². The second-order valence-electron chi connectivity index (χ2n) is 7.55. The molecule has 140 valence electrons. The van der Waals surface area contributed by atoms with Crippen molar-refractivity contribution < 1.29 is 4.74 Å². The lowest BCUT2D eigenvalue weighted by molar-refractivity contribution is 0.190. The fourth-order valence-corrected chi connectivity index (χ4v) is 3.07. The summed E-state index contributed by atoms with van der Waals surface area (Å²) in [6.07, 6.45) is 2.05. The molecular formula is C21H40N2O. The molecule has 0 aliphatic carbocycles. The van der Waals surface area contributed by atoms with E-state index in [2.05, 4.69) is 54.7 Å². The summed E-state index contributed by atoms with van der Waals surface area (Å²) < 4.78 is 5.35. The van der Waals surface area contributed by atoms with Gasteiger partial charge in [0.1, 0.15) is 0 Å². The summed E-state index contributed by atoms with van der Waals surface area (Å²) in [5, 5.41) is 7.32. The van der Waals surface area contributed by atoms with Crippen LogP contribution in [0, 0.1) is 40.9 Å². The van der Waals surface area contributed by atoms with Crippen molar-refractivity contribution in [1.82, 2.24) is 0 Å². The van der Waals surface area contributed by atoms with Gasteiger partial charge in [0.15, 0.2) is 0 Å². The third-order valence-corrected chi connectivity index (χ3v) is 4.80. The minimum atomic E-state index is 0.171. The molecule has 0 spiro atoms. The average Bonchev–Trinajstić information content (AvgIpc) is 2.48. The summed E-state index contributed by atoms with van der Waals surface area (Å²) in [7, 11) is 1.70. The zero-order chi connectivity index (χ0) is 19.4. The molecule has 0 saturated carbocycles. The van der Waals surface area contributed by atoms with Gasteiger partial charge in [-0.25, -0.2) is 0 Å². The zero-order valence-electron chi connectivity index (χ0n) is 17.2. The van der Waals surface area contributed by atoms with Crippen LogP contribution in [0.3, 0.4) is 0 Å². The smallest absolute Gasteiger partial charge is 0.0917 e. The summed E-state index contributed by atoms with van der Waals surface area (Å²) in [6, 6.07) is 1.92. The van der Waals surface area contributed by atoms with Gasteiger partial charge in [0, 0.05) is 18.9 Å². The Balaban J connectivity index is 0. The maximum absolute atomic E-state index is 7.32. The second-order valence-corrected chi connectivity index (χ2v) is 7.55. The molecule has 0 aromatic rings. The molecule has 0 aromatic carbocycles. The summed E-state index contributed by atoms with van der Waals surface area (Å²) in [5.41, 5.74) is 7.74. The number of nitriles is 1. The van der Waals surface area contributed by atoms with Crippen LogP contribution in [-0.2, 0) is 4.74 Å². The molecule has 0 bridgehead atoms. The van der Waals surface area contributed by atoms with Crippen LogP contribution >= 0.6 is 0 Å². The minimum absolute atomic E-state index is 0.171. The molecule has 0 saturated heterocycles. The summed E-state index contributed by atoms with van der Waals surface area (Å²) in [5.74, 6) is 3.32. The molecule has 3 unspecified atom stereocenters. The zero-order valence-corrected chi connectivity index (χ0v) is 17.2. The molecule has 0 aliphatic rings. The molecule has 0 fully saturated rings. The van der Waals surface area contributed by atoms with Crippen molar-refractivity contribution in [1.29, 1.82) is 5.26 Å².